The molecule has 0 aliphatic rings. The largest absolute Gasteiger partial charge is 0.477 e. The molecule has 0 unspecified atom stereocenters. The van der Waals surface area contributed by atoms with Gasteiger partial charge in [-0.1, -0.05) is 0 Å². The lowest BCUT2D eigenvalue weighted by atomic mass is 10.8. The molecule has 0 saturated heterocycles. The van der Waals surface area contributed by atoms with Gasteiger partial charge < -0.3 is 10.8 Å². The van der Waals surface area contributed by atoms with E-state index in [2.05, 4.69) is 5.10 Å². The van der Waals surface area contributed by atoms with E-state index in [1.165, 1.54) is 7.05 Å². The lowest BCUT2D eigenvalue weighted by Crippen LogP contribution is -2.28. The maximum absolute atomic E-state index is 9.84. The fourth-order valence-corrected chi connectivity index (χ4v) is 0.198. The lowest BCUT2D eigenvalue weighted by Gasteiger charge is -2.06. The molecule has 0 aromatic carbocycles. The van der Waals surface area contributed by atoms with Gasteiger partial charge in [-0.05, 0) is 0 Å². The molecule has 6 nitrogen and oxygen atoms in total. The van der Waals surface area contributed by atoms with E-state index >= 15 is 0 Å². The predicted molar refractivity (Wildman–Crippen MR) is 35.8 cm³/mol. The van der Waals surface area contributed by atoms with Crippen molar-refractivity contribution >= 4 is 18.1 Å². The molecule has 10 heavy (non-hydrogen) atoms. The minimum absolute atomic E-state index is 0.308. The van der Waals surface area contributed by atoms with Crippen molar-refractivity contribution in [1.82, 2.24) is 5.01 Å². The van der Waals surface area contributed by atoms with E-state index < -0.39 is 5.97 Å². The lowest BCUT2D eigenvalue weighted by molar-refractivity contribution is -0.128. The first-order valence-electron chi connectivity index (χ1n) is 2.38. The van der Waals surface area contributed by atoms with Crippen molar-refractivity contribution in [2.75, 3.05) is 7.05 Å². The van der Waals surface area contributed by atoms with Gasteiger partial charge in [-0.3, -0.25) is 5.41 Å². The third kappa shape index (κ3) is 3.42. The predicted octanol–water partition coefficient (Wildman–Crippen LogP) is -1.12. The number of nitrogens with two attached hydrogens (primary N) is 1. The van der Waals surface area contributed by atoms with Crippen LogP contribution in [0.25, 0.3) is 0 Å². The quantitative estimate of drug-likeness (QED) is 0.259. The Morgan fingerprint density at radius 2 is 2.40 bits per heavy atom. The van der Waals surface area contributed by atoms with Gasteiger partial charge in [-0.25, -0.2) is 9.80 Å². The maximum Gasteiger partial charge on any atom is 0.348 e. The van der Waals surface area contributed by atoms with Gasteiger partial charge in [0, 0.05) is 7.05 Å². The molecule has 0 aromatic heterocycles. The number of nitrogens with one attached hydrogen (secondary N) is 1. The molecule has 0 rings (SSSR count). The zero-order valence-corrected chi connectivity index (χ0v) is 5.40. The van der Waals surface area contributed by atoms with E-state index in [-0.39, 0.29) is 5.96 Å². The Kier molecular flexibility index (Phi) is 2.89. The summed E-state index contributed by atoms with van der Waals surface area (Å²) in [5, 5.41) is 19.0. The number of aliphatic carboxylic acids is 1. The summed E-state index contributed by atoms with van der Waals surface area (Å²) in [6.45, 7) is 0. The van der Waals surface area contributed by atoms with Crippen molar-refractivity contribution in [3.8, 4) is 0 Å². The van der Waals surface area contributed by atoms with Crippen LogP contribution < -0.4 is 5.73 Å². The first-order valence-corrected chi connectivity index (χ1v) is 2.38. The molecule has 4 N–H and O–H groups in total. The molecule has 0 aliphatic heterocycles. The first-order chi connectivity index (χ1) is 4.54. The van der Waals surface area contributed by atoms with Crippen molar-refractivity contribution in [2.24, 2.45) is 10.8 Å². The van der Waals surface area contributed by atoms with Crippen LogP contribution in [0.15, 0.2) is 5.10 Å². The monoisotopic (exact) mass is 144 g/mol. The number of carbonyl (C=O) groups is 1. The smallest absolute Gasteiger partial charge is 0.348 e. The number of hydrogen-bond donors (Lipinski definition) is 3. The van der Waals surface area contributed by atoms with Crippen LogP contribution in [0, 0.1) is 5.41 Å². The number of hydrogen-bond acceptors (Lipinski definition) is 3. The van der Waals surface area contributed by atoms with Crippen LogP contribution >= 0.6 is 0 Å². The van der Waals surface area contributed by atoms with Gasteiger partial charge in [-0.15, -0.1) is 0 Å². The number of carboxylic acids is 1. The third-order valence-electron chi connectivity index (χ3n) is 0.690. The molecule has 0 amide bonds. The van der Waals surface area contributed by atoms with Crippen molar-refractivity contribution < 1.29 is 9.90 Å². The van der Waals surface area contributed by atoms with Crippen LogP contribution in [-0.4, -0.2) is 35.3 Å². The second-order valence-corrected chi connectivity index (χ2v) is 1.49. The fraction of sp³-hybridized carbons (Fsp3) is 0.250. The summed E-state index contributed by atoms with van der Waals surface area (Å²) in [5.41, 5.74) is 4.92. The number of guanidine groups is 1. The summed E-state index contributed by atoms with van der Waals surface area (Å²) in [4.78, 5) is 9.84. The summed E-state index contributed by atoms with van der Waals surface area (Å²) in [6.07, 6.45) is 0.654. The summed E-state index contributed by atoms with van der Waals surface area (Å²) < 4.78 is 0. The molecule has 6 heteroatoms. The van der Waals surface area contributed by atoms with E-state index in [1.54, 1.807) is 0 Å². The molecule has 0 saturated carbocycles. The summed E-state index contributed by atoms with van der Waals surface area (Å²) >= 11 is 0. The van der Waals surface area contributed by atoms with E-state index in [1.807, 2.05) is 0 Å². The Morgan fingerprint density at radius 1 is 1.90 bits per heavy atom. The highest BCUT2D eigenvalue weighted by atomic mass is 16.4. The van der Waals surface area contributed by atoms with Gasteiger partial charge in [0.1, 0.15) is 6.21 Å². The average Bonchev–Trinajstić information content (AvgIpc) is 1.82. The zero-order chi connectivity index (χ0) is 8.15. The zero-order valence-electron chi connectivity index (χ0n) is 5.40. The average molecular weight is 144 g/mol. The molecule has 0 radical (unpaired) electrons. The van der Waals surface area contributed by atoms with Gasteiger partial charge in [0.25, 0.3) is 0 Å². The topological polar surface area (TPSA) is 103 Å². The molecule has 0 aliphatic carbocycles. The third-order valence-corrected chi connectivity index (χ3v) is 0.690. The van der Waals surface area contributed by atoms with Crippen LogP contribution in [0.5, 0.6) is 0 Å². The molecule has 0 bridgehead atoms. The van der Waals surface area contributed by atoms with Crippen LogP contribution in [0.1, 0.15) is 0 Å². The molecular formula is C4H8N4O2. The Balaban J connectivity index is 3.89. The van der Waals surface area contributed by atoms with Gasteiger partial charge in [0.15, 0.2) is 0 Å². The van der Waals surface area contributed by atoms with Crippen molar-refractivity contribution in [3.63, 3.8) is 0 Å². The van der Waals surface area contributed by atoms with E-state index in [0.717, 1.165) is 5.01 Å². The van der Waals surface area contributed by atoms with E-state index in [9.17, 15) is 4.79 Å². The SMILES string of the molecule is CN(/N=C/C(=O)O)C(=N)N. The van der Waals surface area contributed by atoms with Crippen LogP contribution in [-0.2, 0) is 4.79 Å². The molecule has 0 spiro atoms. The Labute approximate surface area is 57.4 Å². The normalized spacial score (nSPS) is 9.70. The molecular weight excluding hydrogens is 136 g/mol. The number of hydrazone groups is 1. The van der Waals surface area contributed by atoms with Crippen molar-refractivity contribution in [1.29, 1.82) is 5.41 Å². The Hall–Kier alpha value is -1.59. The van der Waals surface area contributed by atoms with E-state index in [0.29, 0.717) is 6.21 Å². The standard InChI is InChI=1S/C4H8N4O2/c1-8(4(5)6)7-2-3(9)10/h2H,1H3,(H3,5,6)(H,9,10)/b7-2+. The number of rotatable bonds is 2. The highest BCUT2D eigenvalue weighted by molar-refractivity contribution is 6.22. The minimum Gasteiger partial charge on any atom is -0.477 e. The fourth-order valence-electron chi connectivity index (χ4n) is 0.198. The van der Waals surface area contributed by atoms with Gasteiger partial charge >= 0.3 is 5.97 Å². The summed E-state index contributed by atoms with van der Waals surface area (Å²) in [5.74, 6) is -1.48. The Morgan fingerprint density at radius 3 is 2.70 bits per heavy atom. The molecule has 0 heterocycles. The van der Waals surface area contributed by atoms with Gasteiger partial charge in [0.05, 0.1) is 0 Å². The minimum atomic E-state index is -1.17. The highest BCUT2D eigenvalue weighted by Gasteiger charge is 1.94. The maximum atomic E-state index is 9.84. The Bertz CT molecular complexity index is 176. The number of carboxylic acid groups (broad SMARTS) is 1. The van der Waals surface area contributed by atoms with Crippen LogP contribution in [0.2, 0.25) is 0 Å². The molecule has 0 aromatic rings. The molecule has 56 valence electrons. The van der Waals surface area contributed by atoms with Gasteiger partial charge in [-0.2, -0.15) is 5.10 Å². The molecule has 0 atom stereocenters. The van der Waals surface area contributed by atoms with Crippen LogP contribution in [0.4, 0.5) is 0 Å². The second-order valence-electron chi connectivity index (χ2n) is 1.49. The van der Waals surface area contributed by atoms with Crippen LogP contribution in [0.3, 0.4) is 0 Å². The summed E-state index contributed by atoms with van der Waals surface area (Å²) in [7, 11) is 1.38. The molecule has 0 fully saturated rings. The summed E-state index contributed by atoms with van der Waals surface area (Å²) in [6, 6.07) is 0. The van der Waals surface area contributed by atoms with Crippen molar-refractivity contribution in [2.45, 2.75) is 0 Å². The highest BCUT2D eigenvalue weighted by Crippen LogP contribution is 1.77. The first kappa shape index (κ1) is 8.41. The van der Waals surface area contributed by atoms with E-state index in [4.69, 9.17) is 16.2 Å². The van der Waals surface area contributed by atoms with Gasteiger partial charge in [0.2, 0.25) is 5.96 Å². The second kappa shape index (κ2) is 3.44. The number of nitrogens with zero attached hydrogens (tertiary/aromatic N) is 2. The van der Waals surface area contributed by atoms with Crippen molar-refractivity contribution in [3.05, 3.63) is 0 Å².